The van der Waals surface area contributed by atoms with Crippen LogP contribution in [0, 0.1) is 0 Å². The van der Waals surface area contributed by atoms with Crippen LogP contribution in [-0.2, 0) is 4.79 Å². The SMILES string of the molecule is CC[C@@H](N)C(=O)N(C)C1CCC1. The summed E-state index contributed by atoms with van der Waals surface area (Å²) in [5.74, 6) is 0.0993. The third-order valence-electron chi connectivity index (χ3n) is 2.73. The molecule has 12 heavy (non-hydrogen) atoms. The fraction of sp³-hybridized carbons (Fsp3) is 0.889. The van der Waals surface area contributed by atoms with Gasteiger partial charge in [0.1, 0.15) is 0 Å². The molecule has 0 aromatic heterocycles. The zero-order chi connectivity index (χ0) is 9.14. The van der Waals surface area contributed by atoms with E-state index in [0.29, 0.717) is 6.04 Å². The fourth-order valence-electron chi connectivity index (χ4n) is 1.39. The van der Waals surface area contributed by atoms with Gasteiger partial charge in [0.05, 0.1) is 6.04 Å². The van der Waals surface area contributed by atoms with Crippen LogP contribution in [0.5, 0.6) is 0 Å². The summed E-state index contributed by atoms with van der Waals surface area (Å²) in [6.45, 7) is 1.94. The summed E-state index contributed by atoms with van der Waals surface area (Å²) in [5, 5.41) is 0. The summed E-state index contributed by atoms with van der Waals surface area (Å²) in [7, 11) is 1.86. The smallest absolute Gasteiger partial charge is 0.239 e. The van der Waals surface area contributed by atoms with E-state index in [-0.39, 0.29) is 11.9 Å². The largest absolute Gasteiger partial charge is 0.341 e. The molecule has 1 aliphatic carbocycles. The van der Waals surface area contributed by atoms with E-state index >= 15 is 0 Å². The first-order valence-corrected chi connectivity index (χ1v) is 4.69. The van der Waals surface area contributed by atoms with E-state index in [1.54, 1.807) is 0 Å². The average molecular weight is 170 g/mol. The normalized spacial score (nSPS) is 19.9. The monoisotopic (exact) mass is 170 g/mol. The molecule has 2 N–H and O–H groups in total. The van der Waals surface area contributed by atoms with Gasteiger partial charge in [-0.1, -0.05) is 6.92 Å². The minimum Gasteiger partial charge on any atom is -0.341 e. The lowest BCUT2D eigenvalue weighted by Gasteiger charge is -2.35. The van der Waals surface area contributed by atoms with Crippen molar-refractivity contribution in [1.82, 2.24) is 4.90 Å². The molecule has 1 saturated carbocycles. The Hall–Kier alpha value is -0.570. The molecule has 1 rings (SSSR count). The molecule has 0 heterocycles. The van der Waals surface area contributed by atoms with Crippen molar-refractivity contribution in [2.24, 2.45) is 5.73 Å². The Morgan fingerprint density at radius 2 is 2.25 bits per heavy atom. The number of hydrogen-bond acceptors (Lipinski definition) is 2. The minimum atomic E-state index is -0.296. The van der Waals surface area contributed by atoms with Crippen LogP contribution in [-0.4, -0.2) is 29.9 Å². The standard InChI is InChI=1S/C9H18N2O/c1-3-8(10)9(12)11(2)7-5-4-6-7/h7-8H,3-6,10H2,1-2H3/t8-/m1/s1. The molecule has 0 aliphatic heterocycles. The number of hydrogen-bond donors (Lipinski definition) is 1. The average Bonchev–Trinajstić information content (AvgIpc) is 1.98. The summed E-state index contributed by atoms with van der Waals surface area (Å²) >= 11 is 0. The highest BCUT2D eigenvalue weighted by Crippen LogP contribution is 2.23. The number of amides is 1. The molecule has 3 heteroatoms. The van der Waals surface area contributed by atoms with Gasteiger partial charge in [-0.15, -0.1) is 0 Å². The molecule has 0 aromatic carbocycles. The quantitative estimate of drug-likeness (QED) is 0.679. The number of rotatable bonds is 3. The molecule has 0 spiro atoms. The molecule has 1 fully saturated rings. The highest BCUT2D eigenvalue weighted by Gasteiger charge is 2.27. The molecule has 0 saturated heterocycles. The minimum absolute atomic E-state index is 0.0993. The molecule has 1 aliphatic rings. The van der Waals surface area contributed by atoms with Gasteiger partial charge in [0.15, 0.2) is 0 Å². The molecular weight excluding hydrogens is 152 g/mol. The molecule has 0 bridgehead atoms. The van der Waals surface area contributed by atoms with Crippen LogP contribution in [0.4, 0.5) is 0 Å². The first-order chi connectivity index (χ1) is 5.66. The Bertz CT molecular complexity index is 166. The second-order valence-electron chi connectivity index (χ2n) is 3.55. The maximum atomic E-state index is 11.5. The molecule has 1 amide bonds. The fourth-order valence-corrected chi connectivity index (χ4v) is 1.39. The first kappa shape index (κ1) is 9.52. The van der Waals surface area contributed by atoms with Gasteiger partial charge < -0.3 is 10.6 Å². The third-order valence-corrected chi connectivity index (χ3v) is 2.73. The summed E-state index contributed by atoms with van der Waals surface area (Å²) in [5.41, 5.74) is 5.64. The zero-order valence-electron chi connectivity index (χ0n) is 7.92. The van der Waals surface area contributed by atoms with E-state index in [0.717, 1.165) is 19.3 Å². The van der Waals surface area contributed by atoms with Crippen LogP contribution in [0.25, 0.3) is 0 Å². The van der Waals surface area contributed by atoms with Gasteiger partial charge >= 0.3 is 0 Å². The highest BCUT2D eigenvalue weighted by atomic mass is 16.2. The number of likely N-dealkylation sites (N-methyl/N-ethyl adjacent to an activating group) is 1. The second-order valence-corrected chi connectivity index (χ2v) is 3.55. The van der Waals surface area contributed by atoms with E-state index in [1.807, 2.05) is 18.9 Å². The van der Waals surface area contributed by atoms with Crippen LogP contribution >= 0.6 is 0 Å². The summed E-state index contributed by atoms with van der Waals surface area (Å²) < 4.78 is 0. The predicted octanol–water partition coefficient (Wildman–Crippen LogP) is 0.735. The van der Waals surface area contributed by atoms with E-state index < -0.39 is 0 Å². The number of carbonyl (C=O) groups excluding carboxylic acids is 1. The molecule has 0 unspecified atom stereocenters. The van der Waals surface area contributed by atoms with Crippen LogP contribution in [0.15, 0.2) is 0 Å². The van der Waals surface area contributed by atoms with Crippen LogP contribution in [0.3, 0.4) is 0 Å². The Morgan fingerprint density at radius 3 is 2.58 bits per heavy atom. The maximum Gasteiger partial charge on any atom is 0.239 e. The van der Waals surface area contributed by atoms with E-state index in [1.165, 1.54) is 6.42 Å². The van der Waals surface area contributed by atoms with Crippen molar-refractivity contribution in [3.05, 3.63) is 0 Å². The van der Waals surface area contributed by atoms with Crippen molar-refractivity contribution in [3.8, 4) is 0 Å². The van der Waals surface area contributed by atoms with Gasteiger partial charge in [0, 0.05) is 13.1 Å². The van der Waals surface area contributed by atoms with Crippen molar-refractivity contribution in [3.63, 3.8) is 0 Å². The molecular formula is C9H18N2O. The van der Waals surface area contributed by atoms with Crippen LogP contribution in [0.2, 0.25) is 0 Å². The lowest BCUT2D eigenvalue weighted by atomic mass is 9.91. The van der Waals surface area contributed by atoms with Gasteiger partial charge in [-0.2, -0.15) is 0 Å². The Labute approximate surface area is 73.9 Å². The maximum absolute atomic E-state index is 11.5. The zero-order valence-corrected chi connectivity index (χ0v) is 7.92. The van der Waals surface area contributed by atoms with Crippen LogP contribution in [0.1, 0.15) is 32.6 Å². The Morgan fingerprint density at radius 1 is 1.67 bits per heavy atom. The van der Waals surface area contributed by atoms with E-state index in [9.17, 15) is 4.79 Å². The van der Waals surface area contributed by atoms with Crippen molar-refractivity contribution < 1.29 is 4.79 Å². The molecule has 0 aromatic rings. The Kier molecular flexibility index (Phi) is 3.09. The highest BCUT2D eigenvalue weighted by molar-refractivity contribution is 5.81. The number of nitrogens with zero attached hydrogens (tertiary/aromatic N) is 1. The van der Waals surface area contributed by atoms with Crippen molar-refractivity contribution in [2.45, 2.75) is 44.7 Å². The van der Waals surface area contributed by atoms with Crippen molar-refractivity contribution >= 4 is 5.91 Å². The van der Waals surface area contributed by atoms with Crippen molar-refractivity contribution in [2.75, 3.05) is 7.05 Å². The number of carbonyl (C=O) groups is 1. The van der Waals surface area contributed by atoms with Gasteiger partial charge in [0.25, 0.3) is 0 Å². The van der Waals surface area contributed by atoms with Gasteiger partial charge in [0.2, 0.25) is 5.91 Å². The topological polar surface area (TPSA) is 46.3 Å². The molecule has 3 nitrogen and oxygen atoms in total. The summed E-state index contributed by atoms with van der Waals surface area (Å²) in [6.07, 6.45) is 4.29. The molecule has 70 valence electrons. The number of nitrogens with two attached hydrogens (primary N) is 1. The van der Waals surface area contributed by atoms with Gasteiger partial charge in [-0.25, -0.2) is 0 Å². The van der Waals surface area contributed by atoms with Crippen molar-refractivity contribution in [1.29, 1.82) is 0 Å². The predicted molar refractivity (Wildman–Crippen MR) is 48.7 cm³/mol. The lowest BCUT2D eigenvalue weighted by Crippen LogP contribution is -2.48. The lowest BCUT2D eigenvalue weighted by molar-refractivity contribution is -0.134. The van der Waals surface area contributed by atoms with Crippen LogP contribution < -0.4 is 5.73 Å². The van der Waals surface area contributed by atoms with E-state index in [2.05, 4.69) is 0 Å². The summed E-state index contributed by atoms with van der Waals surface area (Å²) in [6, 6.07) is 0.172. The van der Waals surface area contributed by atoms with E-state index in [4.69, 9.17) is 5.73 Å². The van der Waals surface area contributed by atoms with Gasteiger partial charge in [-0.05, 0) is 25.7 Å². The molecule has 0 radical (unpaired) electrons. The molecule has 1 atom stereocenters. The third kappa shape index (κ3) is 1.78. The van der Waals surface area contributed by atoms with Gasteiger partial charge in [-0.3, -0.25) is 4.79 Å². The second kappa shape index (κ2) is 3.90. The summed E-state index contributed by atoms with van der Waals surface area (Å²) in [4.78, 5) is 13.3. The first-order valence-electron chi connectivity index (χ1n) is 4.69. The Balaban J connectivity index is 2.39.